The molecular formula is C19H17ClN6O2S. The van der Waals surface area contributed by atoms with E-state index in [2.05, 4.69) is 20.6 Å². The maximum absolute atomic E-state index is 12.4. The van der Waals surface area contributed by atoms with Crippen LogP contribution in [0.25, 0.3) is 0 Å². The first-order valence-electron chi connectivity index (χ1n) is 8.76. The van der Waals surface area contributed by atoms with Gasteiger partial charge in [0.15, 0.2) is 5.16 Å². The van der Waals surface area contributed by atoms with E-state index in [1.165, 1.54) is 11.8 Å². The number of nitrogens with one attached hydrogen (secondary N) is 1. The summed E-state index contributed by atoms with van der Waals surface area (Å²) < 4.78 is 8.89. The molecule has 4 aromatic rings. The molecular weight excluding hydrogens is 412 g/mol. The largest absolute Gasteiger partial charge is 0.467 e. The van der Waals surface area contributed by atoms with Crippen LogP contribution in [-0.2, 0) is 17.9 Å². The van der Waals surface area contributed by atoms with Gasteiger partial charge in [-0.3, -0.25) is 4.79 Å². The summed E-state index contributed by atoms with van der Waals surface area (Å²) >= 11 is 7.34. The molecule has 0 atom stereocenters. The molecule has 4 rings (SSSR count). The molecule has 10 heteroatoms. The Balaban J connectivity index is 1.34. The van der Waals surface area contributed by atoms with Crippen LogP contribution in [-0.4, -0.2) is 36.2 Å². The summed E-state index contributed by atoms with van der Waals surface area (Å²) in [6, 6.07) is 13.0. The highest BCUT2D eigenvalue weighted by molar-refractivity contribution is 7.99. The molecule has 0 aliphatic carbocycles. The molecule has 3 heterocycles. The molecule has 0 unspecified atom stereocenters. The highest BCUT2D eigenvalue weighted by Crippen LogP contribution is 2.18. The highest BCUT2D eigenvalue weighted by Gasteiger charge is 2.12. The summed E-state index contributed by atoms with van der Waals surface area (Å²) in [6.45, 7) is 1.02. The monoisotopic (exact) mass is 428 g/mol. The van der Waals surface area contributed by atoms with Crippen LogP contribution in [0.3, 0.4) is 0 Å². The summed E-state index contributed by atoms with van der Waals surface area (Å²) in [5, 5.41) is 16.5. The van der Waals surface area contributed by atoms with Crippen molar-refractivity contribution < 1.29 is 9.21 Å². The van der Waals surface area contributed by atoms with Crippen molar-refractivity contribution in [2.45, 2.75) is 18.2 Å². The lowest BCUT2D eigenvalue weighted by Crippen LogP contribution is -2.18. The van der Waals surface area contributed by atoms with Crippen molar-refractivity contribution in [1.82, 2.24) is 24.5 Å². The Kier molecular flexibility index (Phi) is 5.97. The van der Waals surface area contributed by atoms with Gasteiger partial charge >= 0.3 is 0 Å². The van der Waals surface area contributed by atoms with Gasteiger partial charge < -0.3 is 14.3 Å². The zero-order valence-electron chi connectivity index (χ0n) is 15.2. The number of anilines is 1. The van der Waals surface area contributed by atoms with Crippen LogP contribution in [0.5, 0.6) is 0 Å². The van der Waals surface area contributed by atoms with Gasteiger partial charge in [0, 0.05) is 11.1 Å². The molecule has 0 radical (unpaired) electrons. The first-order valence-corrected chi connectivity index (χ1v) is 10.1. The number of halogens is 1. The third-order valence-corrected chi connectivity index (χ3v) is 5.24. The van der Waals surface area contributed by atoms with Crippen LogP contribution in [0.4, 0.5) is 5.82 Å². The normalized spacial score (nSPS) is 10.9. The molecule has 0 aliphatic heterocycles. The Morgan fingerprint density at radius 1 is 1.21 bits per heavy atom. The summed E-state index contributed by atoms with van der Waals surface area (Å²) in [7, 11) is 0. The molecule has 8 nitrogen and oxygen atoms in total. The van der Waals surface area contributed by atoms with Gasteiger partial charge in [-0.1, -0.05) is 35.5 Å². The van der Waals surface area contributed by atoms with Crippen molar-refractivity contribution in [3.63, 3.8) is 0 Å². The average molecular weight is 429 g/mol. The number of furan rings is 1. The van der Waals surface area contributed by atoms with Gasteiger partial charge in [0.1, 0.15) is 17.9 Å². The molecule has 3 aromatic heterocycles. The second-order valence-electron chi connectivity index (χ2n) is 6.16. The van der Waals surface area contributed by atoms with Crippen molar-refractivity contribution in [2.24, 2.45) is 0 Å². The van der Waals surface area contributed by atoms with Crippen LogP contribution >= 0.6 is 23.4 Å². The molecule has 29 heavy (non-hydrogen) atoms. The number of nitrogens with zero attached hydrogens (tertiary/aromatic N) is 5. The molecule has 1 amide bonds. The fraction of sp³-hybridized carbons (Fsp3) is 0.158. The van der Waals surface area contributed by atoms with Gasteiger partial charge in [0.2, 0.25) is 5.91 Å². The number of carbonyl (C=O) groups excluding carboxylic acids is 1. The Morgan fingerprint density at radius 2 is 2.14 bits per heavy atom. The SMILES string of the molecule is O=C(CSc1nncn1Cc1ccco1)Nc1ccnn1Cc1cccc(Cl)c1. The predicted molar refractivity (Wildman–Crippen MR) is 110 cm³/mol. The van der Waals surface area contributed by atoms with Crippen LogP contribution in [0, 0.1) is 0 Å². The number of thioether (sulfide) groups is 1. The van der Waals surface area contributed by atoms with Crippen LogP contribution in [0.15, 0.2) is 70.8 Å². The van der Waals surface area contributed by atoms with Gasteiger partial charge in [-0.25, -0.2) is 4.68 Å². The fourth-order valence-corrected chi connectivity index (χ4v) is 3.64. The second-order valence-corrected chi connectivity index (χ2v) is 7.54. The van der Waals surface area contributed by atoms with E-state index in [0.717, 1.165) is 11.3 Å². The number of rotatable bonds is 8. The summed E-state index contributed by atoms with van der Waals surface area (Å²) in [5.41, 5.74) is 0.997. The van der Waals surface area contributed by atoms with E-state index in [9.17, 15) is 4.79 Å². The molecule has 1 N–H and O–H groups in total. The molecule has 0 aliphatic rings. The molecule has 0 saturated heterocycles. The average Bonchev–Trinajstić information content (AvgIpc) is 3.45. The second kappa shape index (κ2) is 8.97. The topological polar surface area (TPSA) is 90.8 Å². The number of carbonyl (C=O) groups is 1. The van der Waals surface area contributed by atoms with Gasteiger partial charge in [0.25, 0.3) is 0 Å². The van der Waals surface area contributed by atoms with Crippen molar-refractivity contribution in [3.8, 4) is 0 Å². The number of hydrogen-bond acceptors (Lipinski definition) is 6. The first-order chi connectivity index (χ1) is 14.2. The Bertz CT molecular complexity index is 1090. The van der Waals surface area contributed by atoms with Crippen molar-refractivity contribution in [3.05, 3.63) is 77.6 Å². The van der Waals surface area contributed by atoms with Gasteiger partial charge in [0.05, 0.1) is 31.3 Å². The smallest absolute Gasteiger partial charge is 0.235 e. The van der Waals surface area contributed by atoms with Crippen molar-refractivity contribution >= 4 is 35.1 Å². The maximum atomic E-state index is 12.4. The molecule has 148 valence electrons. The van der Waals surface area contributed by atoms with E-state index in [1.807, 2.05) is 41.0 Å². The fourth-order valence-electron chi connectivity index (χ4n) is 2.72. The number of hydrogen-bond donors (Lipinski definition) is 1. The van der Waals surface area contributed by atoms with Crippen molar-refractivity contribution in [2.75, 3.05) is 11.1 Å². The predicted octanol–water partition coefficient (Wildman–Crippen LogP) is 3.55. The molecule has 0 saturated carbocycles. The van der Waals surface area contributed by atoms with Crippen LogP contribution < -0.4 is 5.32 Å². The third kappa shape index (κ3) is 5.07. The van der Waals surface area contributed by atoms with E-state index < -0.39 is 0 Å². The van der Waals surface area contributed by atoms with E-state index in [4.69, 9.17) is 16.0 Å². The number of amides is 1. The minimum atomic E-state index is -0.157. The van der Waals surface area contributed by atoms with Gasteiger partial charge in [-0.15, -0.1) is 10.2 Å². The van der Waals surface area contributed by atoms with Crippen LogP contribution in [0.1, 0.15) is 11.3 Å². The molecule has 1 aromatic carbocycles. The molecule has 0 fully saturated rings. The van der Waals surface area contributed by atoms with Gasteiger partial charge in [-0.05, 0) is 29.8 Å². The lowest BCUT2D eigenvalue weighted by molar-refractivity contribution is -0.113. The lowest BCUT2D eigenvalue weighted by Gasteiger charge is -2.09. The lowest BCUT2D eigenvalue weighted by atomic mass is 10.2. The standard InChI is InChI=1S/C19H17ClN6O2S/c20-15-4-1-3-14(9-15)10-26-17(6-7-22-26)23-18(27)12-29-19-24-21-13-25(19)11-16-5-2-8-28-16/h1-9,13H,10-12H2,(H,23,27). The zero-order valence-corrected chi connectivity index (χ0v) is 16.8. The Morgan fingerprint density at radius 3 is 2.97 bits per heavy atom. The Hall–Kier alpha value is -3.04. The number of benzene rings is 1. The first kappa shape index (κ1) is 19.3. The maximum Gasteiger partial charge on any atom is 0.235 e. The molecule has 0 bridgehead atoms. The summed E-state index contributed by atoms with van der Waals surface area (Å²) in [6.07, 6.45) is 4.88. The minimum Gasteiger partial charge on any atom is -0.467 e. The van der Waals surface area contributed by atoms with E-state index in [1.54, 1.807) is 29.5 Å². The Labute approximate surface area is 175 Å². The van der Waals surface area contributed by atoms with E-state index >= 15 is 0 Å². The quantitative estimate of drug-likeness (QED) is 0.431. The number of aromatic nitrogens is 5. The van der Waals surface area contributed by atoms with Crippen LogP contribution in [0.2, 0.25) is 5.02 Å². The van der Waals surface area contributed by atoms with Gasteiger partial charge in [-0.2, -0.15) is 5.10 Å². The van der Waals surface area contributed by atoms with E-state index in [0.29, 0.717) is 29.1 Å². The zero-order chi connectivity index (χ0) is 20.1. The minimum absolute atomic E-state index is 0.157. The summed E-state index contributed by atoms with van der Waals surface area (Å²) in [5.74, 6) is 1.45. The summed E-state index contributed by atoms with van der Waals surface area (Å²) in [4.78, 5) is 12.4. The third-order valence-electron chi connectivity index (χ3n) is 4.02. The highest BCUT2D eigenvalue weighted by atomic mass is 35.5. The molecule has 0 spiro atoms. The van der Waals surface area contributed by atoms with E-state index in [-0.39, 0.29) is 11.7 Å². The van der Waals surface area contributed by atoms with Crippen molar-refractivity contribution in [1.29, 1.82) is 0 Å².